The van der Waals surface area contributed by atoms with Gasteiger partial charge in [0.05, 0.1) is 0 Å². The summed E-state index contributed by atoms with van der Waals surface area (Å²) in [6.07, 6.45) is 0.498. The van der Waals surface area contributed by atoms with E-state index in [1.165, 1.54) is 0 Å². The average Bonchev–Trinajstić information content (AvgIpc) is 2.46. The van der Waals surface area contributed by atoms with Crippen molar-refractivity contribution in [2.45, 2.75) is 19.4 Å². The van der Waals surface area contributed by atoms with Crippen LogP contribution in [0.5, 0.6) is 0 Å². The van der Waals surface area contributed by atoms with E-state index in [1.54, 1.807) is 6.47 Å². The molecule has 0 aliphatic rings. The fraction of sp³-hybridized carbons (Fsp3) is 0.188. The van der Waals surface area contributed by atoms with Crippen LogP contribution in [0.4, 0.5) is 0 Å². The van der Waals surface area contributed by atoms with E-state index in [9.17, 15) is 4.79 Å². The van der Waals surface area contributed by atoms with Crippen molar-refractivity contribution in [1.29, 1.82) is 0 Å². The van der Waals surface area contributed by atoms with E-state index < -0.39 is 0 Å². The lowest BCUT2D eigenvalue weighted by Crippen LogP contribution is -2.03. The maximum Gasteiger partial charge on any atom is 0.418 e. The van der Waals surface area contributed by atoms with Crippen LogP contribution in [-0.4, -0.2) is 6.47 Å². The summed E-state index contributed by atoms with van der Waals surface area (Å²) in [5, 5.41) is 0. The Hall–Kier alpha value is -2.09. The van der Waals surface area contributed by atoms with Crippen molar-refractivity contribution >= 4 is 6.47 Å². The highest BCUT2D eigenvalue weighted by atomic mass is 16.5. The molecule has 2 nitrogen and oxygen atoms in total. The molecule has 0 saturated carbocycles. The van der Waals surface area contributed by atoms with Gasteiger partial charge in [0.1, 0.15) is 6.10 Å². The van der Waals surface area contributed by atoms with Crippen molar-refractivity contribution in [2.75, 3.05) is 0 Å². The Morgan fingerprint density at radius 2 is 1.72 bits per heavy atom. The number of rotatable bonds is 5. The Morgan fingerprint density at radius 1 is 1.06 bits per heavy atom. The first-order chi connectivity index (χ1) is 8.86. The smallest absolute Gasteiger partial charge is 0.418 e. The Bertz CT molecular complexity index is 506. The lowest BCUT2D eigenvalue weighted by molar-refractivity contribution is 0.175. The second kappa shape index (κ2) is 6.01. The molecule has 0 aliphatic carbocycles. The molecule has 0 aromatic heterocycles. The lowest BCUT2D eigenvalue weighted by Gasteiger charge is -2.17. The highest BCUT2D eigenvalue weighted by Gasteiger charge is 2.15. The van der Waals surface area contributed by atoms with Gasteiger partial charge in [0.2, 0.25) is 0 Å². The van der Waals surface area contributed by atoms with Crippen LogP contribution in [0.15, 0.2) is 54.6 Å². The number of ether oxygens (including phenoxy) is 1. The van der Waals surface area contributed by atoms with Crippen molar-refractivity contribution in [2.24, 2.45) is 0 Å². The minimum absolute atomic E-state index is 0.237. The highest BCUT2D eigenvalue weighted by molar-refractivity contribution is 5.68. The third-order valence-electron chi connectivity index (χ3n) is 2.95. The number of carbonyl (C=O) groups excluding carboxylic acids is 1. The summed E-state index contributed by atoms with van der Waals surface area (Å²) < 4.78 is 5.03. The predicted octanol–water partition coefficient (Wildman–Crippen LogP) is 3.89. The van der Waals surface area contributed by atoms with Gasteiger partial charge in [-0.05, 0) is 17.5 Å². The van der Waals surface area contributed by atoms with Gasteiger partial charge in [0.15, 0.2) is 0 Å². The first-order valence-electron chi connectivity index (χ1n) is 6.04. The summed E-state index contributed by atoms with van der Waals surface area (Å²) in [5.74, 6) is 0. The van der Waals surface area contributed by atoms with E-state index in [0.29, 0.717) is 0 Å². The Morgan fingerprint density at radius 3 is 2.39 bits per heavy atom. The fourth-order valence-corrected chi connectivity index (χ4v) is 2.08. The molecule has 0 aliphatic heterocycles. The first kappa shape index (κ1) is 12.4. The van der Waals surface area contributed by atoms with Crippen LogP contribution in [0.3, 0.4) is 0 Å². The van der Waals surface area contributed by atoms with Crippen LogP contribution >= 0.6 is 0 Å². The molecular weight excluding hydrogens is 224 g/mol. The average molecular weight is 239 g/mol. The van der Waals surface area contributed by atoms with E-state index in [4.69, 9.17) is 4.74 Å². The van der Waals surface area contributed by atoms with Gasteiger partial charge in [-0.15, -0.1) is 0 Å². The molecule has 0 spiro atoms. The maximum absolute atomic E-state index is 10.4. The maximum atomic E-state index is 10.4. The van der Waals surface area contributed by atoms with Gasteiger partial charge >= 0.3 is 6.47 Å². The lowest BCUT2D eigenvalue weighted by atomic mass is 9.95. The molecule has 1 radical (unpaired) electrons. The molecule has 1 atom stereocenters. The molecule has 0 N–H and O–H groups in total. The zero-order valence-corrected chi connectivity index (χ0v) is 10.3. The molecule has 2 heteroatoms. The van der Waals surface area contributed by atoms with Gasteiger partial charge in [-0.3, -0.25) is 0 Å². The molecule has 0 heterocycles. The third kappa shape index (κ3) is 2.59. The van der Waals surface area contributed by atoms with Crippen LogP contribution in [0, 0.1) is 0 Å². The molecule has 1 unspecified atom stereocenters. The Kier molecular flexibility index (Phi) is 4.13. The molecule has 0 bridgehead atoms. The summed E-state index contributed by atoms with van der Waals surface area (Å²) in [5.41, 5.74) is 3.25. The van der Waals surface area contributed by atoms with E-state index in [2.05, 4.69) is 12.1 Å². The molecule has 2 aromatic rings. The van der Waals surface area contributed by atoms with Gasteiger partial charge in [0, 0.05) is 5.56 Å². The fourth-order valence-electron chi connectivity index (χ4n) is 2.08. The van der Waals surface area contributed by atoms with E-state index >= 15 is 0 Å². The molecule has 18 heavy (non-hydrogen) atoms. The standard InChI is InChI=1S/C16H15O2/c1-2-16(18-12-17)15-11-7-6-10-14(15)13-8-4-3-5-9-13/h3-11,16H,2H2,1H3. The molecule has 91 valence electrons. The SMILES string of the molecule is CCC(O[C]=O)c1ccccc1-c1ccccc1. The van der Waals surface area contributed by atoms with Gasteiger partial charge in [-0.2, -0.15) is 0 Å². The minimum Gasteiger partial charge on any atom is -0.449 e. The quantitative estimate of drug-likeness (QED) is 0.791. The largest absolute Gasteiger partial charge is 0.449 e. The molecular formula is C16H15O2. The van der Waals surface area contributed by atoms with Crippen LogP contribution in [0.25, 0.3) is 11.1 Å². The number of hydrogen-bond acceptors (Lipinski definition) is 2. The number of hydrogen-bond donors (Lipinski definition) is 0. The van der Waals surface area contributed by atoms with E-state index in [0.717, 1.165) is 23.1 Å². The van der Waals surface area contributed by atoms with Gasteiger partial charge in [0.25, 0.3) is 0 Å². The summed E-state index contributed by atoms with van der Waals surface area (Å²) in [6.45, 7) is 3.54. The van der Waals surface area contributed by atoms with Crippen LogP contribution < -0.4 is 0 Å². The van der Waals surface area contributed by atoms with Crippen molar-refractivity contribution < 1.29 is 9.53 Å². The minimum atomic E-state index is -0.237. The zero-order valence-electron chi connectivity index (χ0n) is 10.3. The normalized spacial score (nSPS) is 11.8. The summed E-state index contributed by atoms with van der Waals surface area (Å²) in [7, 11) is 0. The second-order valence-corrected chi connectivity index (χ2v) is 4.05. The molecule has 0 fully saturated rings. The molecule has 2 rings (SSSR count). The van der Waals surface area contributed by atoms with Crippen molar-refractivity contribution in [3.63, 3.8) is 0 Å². The second-order valence-electron chi connectivity index (χ2n) is 4.05. The molecule has 2 aromatic carbocycles. The van der Waals surface area contributed by atoms with Crippen molar-refractivity contribution in [3.05, 3.63) is 60.2 Å². The topological polar surface area (TPSA) is 26.3 Å². The monoisotopic (exact) mass is 239 g/mol. The highest BCUT2D eigenvalue weighted by Crippen LogP contribution is 2.31. The first-order valence-corrected chi connectivity index (χ1v) is 6.04. The van der Waals surface area contributed by atoms with Crippen molar-refractivity contribution in [1.82, 2.24) is 0 Å². The van der Waals surface area contributed by atoms with Crippen LogP contribution in [0.1, 0.15) is 25.0 Å². The van der Waals surface area contributed by atoms with Gasteiger partial charge < -0.3 is 4.74 Å². The molecule has 0 amide bonds. The predicted molar refractivity (Wildman–Crippen MR) is 71.7 cm³/mol. The number of benzene rings is 2. The Labute approximate surface area is 107 Å². The van der Waals surface area contributed by atoms with Crippen LogP contribution in [0.2, 0.25) is 0 Å². The van der Waals surface area contributed by atoms with Gasteiger partial charge in [-0.1, -0.05) is 61.5 Å². The summed E-state index contributed by atoms with van der Waals surface area (Å²) in [6, 6.07) is 18.1. The van der Waals surface area contributed by atoms with Crippen LogP contribution in [-0.2, 0) is 9.53 Å². The molecule has 0 saturated heterocycles. The summed E-state index contributed by atoms with van der Waals surface area (Å²) in [4.78, 5) is 10.4. The van der Waals surface area contributed by atoms with Gasteiger partial charge in [-0.25, -0.2) is 4.79 Å². The van der Waals surface area contributed by atoms with Crippen molar-refractivity contribution in [3.8, 4) is 11.1 Å². The zero-order chi connectivity index (χ0) is 12.8. The van der Waals surface area contributed by atoms with E-state index in [1.807, 2.05) is 49.4 Å². The Balaban J connectivity index is 2.45. The third-order valence-corrected chi connectivity index (χ3v) is 2.95. The van der Waals surface area contributed by atoms with E-state index in [-0.39, 0.29) is 6.10 Å². The summed E-state index contributed by atoms with van der Waals surface area (Å²) >= 11 is 0.